The van der Waals surface area contributed by atoms with E-state index < -0.39 is 0 Å². The van der Waals surface area contributed by atoms with E-state index in [0.29, 0.717) is 5.57 Å². The Kier molecular flexibility index (Phi) is 5.18. The average Bonchev–Trinajstić information content (AvgIpc) is 2.63. The van der Waals surface area contributed by atoms with Crippen molar-refractivity contribution in [2.75, 3.05) is 29.9 Å². The van der Waals surface area contributed by atoms with E-state index in [-0.39, 0.29) is 5.54 Å². The first-order chi connectivity index (χ1) is 12.5. The molecule has 0 spiro atoms. The Morgan fingerprint density at radius 2 is 2.08 bits per heavy atom. The Hall–Kier alpha value is -2.93. The first-order valence-corrected chi connectivity index (χ1v) is 8.63. The SMILES string of the molecule is CC1(C)CN(c2nccc(Nc3ccc(/C(C=N)=C/N)cc3)n2)CCN1. The van der Waals surface area contributed by atoms with Gasteiger partial charge in [-0.2, -0.15) is 4.98 Å². The second kappa shape index (κ2) is 7.53. The number of nitrogens with zero attached hydrogens (tertiary/aromatic N) is 3. The molecule has 1 aromatic heterocycles. The van der Waals surface area contributed by atoms with Gasteiger partial charge in [-0.15, -0.1) is 0 Å². The molecule has 26 heavy (non-hydrogen) atoms. The summed E-state index contributed by atoms with van der Waals surface area (Å²) in [6.07, 6.45) is 4.45. The van der Waals surface area contributed by atoms with Gasteiger partial charge in [-0.25, -0.2) is 4.98 Å². The van der Waals surface area contributed by atoms with Crippen molar-refractivity contribution in [3.63, 3.8) is 0 Å². The largest absolute Gasteiger partial charge is 0.404 e. The molecule has 7 heteroatoms. The van der Waals surface area contributed by atoms with Crippen LogP contribution in [-0.2, 0) is 0 Å². The Morgan fingerprint density at radius 1 is 1.31 bits per heavy atom. The third-order valence-corrected chi connectivity index (χ3v) is 4.32. The summed E-state index contributed by atoms with van der Waals surface area (Å²) in [5.74, 6) is 1.49. The summed E-state index contributed by atoms with van der Waals surface area (Å²) in [7, 11) is 0. The molecule has 1 aliphatic heterocycles. The van der Waals surface area contributed by atoms with Crippen molar-refractivity contribution in [2.24, 2.45) is 5.73 Å². The Labute approximate surface area is 153 Å². The lowest BCUT2D eigenvalue weighted by atomic mass is 10.0. The number of hydrogen-bond donors (Lipinski definition) is 4. The number of anilines is 3. The zero-order chi connectivity index (χ0) is 18.6. The number of nitrogens with two attached hydrogens (primary N) is 1. The molecule has 3 rings (SSSR count). The Bertz CT molecular complexity index is 796. The zero-order valence-electron chi connectivity index (χ0n) is 15.2. The van der Waals surface area contributed by atoms with Crippen LogP contribution in [0.3, 0.4) is 0 Å². The summed E-state index contributed by atoms with van der Waals surface area (Å²) in [4.78, 5) is 11.3. The molecular formula is C19H25N7. The Balaban J connectivity index is 1.74. The van der Waals surface area contributed by atoms with Crippen LogP contribution in [0.15, 0.2) is 42.7 Å². The van der Waals surface area contributed by atoms with Crippen molar-refractivity contribution in [2.45, 2.75) is 19.4 Å². The molecule has 2 heterocycles. The summed E-state index contributed by atoms with van der Waals surface area (Å²) in [5.41, 5.74) is 8.08. The fraction of sp³-hybridized carbons (Fsp3) is 0.316. The fourth-order valence-corrected chi connectivity index (χ4v) is 3.00. The highest BCUT2D eigenvalue weighted by Gasteiger charge is 2.27. The minimum absolute atomic E-state index is 0.0456. The molecule has 0 saturated carbocycles. The lowest BCUT2D eigenvalue weighted by Crippen LogP contribution is -2.57. The quantitative estimate of drug-likeness (QED) is 0.617. The lowest BCUT2D eigenvalue weighted by Gasteiger charge is -2.39. The van der Waals surface area contributed by atoms with Gasteiger partial charge in [0.2, 0.25) is 5.95 Å². The van der Waals surface area contributed by atoms with Crippen molar-refractivity contribution >= 4 is 29.2 Å². The van der Waals surface area contributed by atoms with Gasteiger partial charge in [0.05, 0.1) is 0 Å². The van der Waals surface area contributed by atoms with Gasteiger partial charge in [0.1, 0.15) is 5.82 Å². The highest BCUT2D eigenvalue weighted by atomic mass is 15.3. The van der Waals surface area contributed by atoms with Crippen molar-refractivity contribution in [3.05, 3.63) is 48.3 Å². The van der Waals surface area contributed by atoms with Gasteiger partial charge in [0.15, 0.2) is 0 Å². The first kappa shape index (κ1) is 17.9. The number of hydrogen-bond acceptors (Lipinski definition) is 7. The summed E-state index contributed by atoms with van der Waals surface area (Å²) < 4.78 is 0. The second-order valence-electron chi connectivity index (χ2n) is 6.94. The molecule has 0 atom stereocenters. The third kappa shape index (κ3) is 4.18. The van der Waals surface area contributed by atoms with E-state index in [9.17, 15) is 0 Å². The Morgan fingerprint density at radius 3 is 2.73 bits per heavy atom. The maximum Gasteiger partial charge on any atom is 0.227 e. The molecule has 0 bridgehead atoms. The molecule has 1 aromatic carbocycles. The maximum atomic E-state index is 7.36. The molecule has 136 valence electrons. The monoisotopic (exact) mass is 351 g/mol. The number of allylic oxidation sites excluding steroid dienone is 1. The van der Waals surface area contributed by atoms with E-state index in [2.05, 4.69) is 39.3 Å². The van der Waals surface area contributed by atoms with Crippen molar-refractivity contribution in [1.82, 2.24) is 15.3 Å². The maximum absolute atomic E-state index is 7.36. The average molecular weight is 351 g/mol. The molecular weight excluding hydrogens is 326 g/mol. The van der Waals surface area contributed by atoms with Gasteiger partial charge in [-0.05, 0) is 37.6 Å². The molecule has 0 radical (unpaired) electrons. The van der Waals surface area contributed by atoms with Gasteiger partial charge in [0.25, 0.3) is 0 Å². The number of benzene rings is 1. The molecule has 7 nitrogen and oxygen atoms in total. The van der Waals surface area contributed by atoms with E-state index in [0.717, 1.165) is 42.7 Å². The summed E-state index contributed by atoms with van der Waals surface area (Å²) in [5, 5.41) is 14.2. The molecule has 5 N–H and O–H groups in total. The minimum Gasteiger partial charge on any atom is -0.404 e. The van der Waals surface area contributed by atoms with Crippen LogP contribution < -0.4 is 21.3 Å². The van der Waals surface area contributed by atoms with Gasteiger partial charge < -0.3 is 26.7 Å². The summed E-state index contributed by atoms with van der Waals surface area (Å²) >= 11 is 0. The summed E-state index contributed by atoms with van der Waals surface area (Å²) in [6.45, 7) is 7.03. The highest BCUT2D eigenvalue weighted by molar-refractivity contribution is 6.08. The van der Waals surface area contributed by atoms with E-state index in [1.165, 1.54) is 12.4 Å². The smallest absolute Gasteiger partial charge is 0.227 e. The lowest BCUT2D eigenvalue weighted by molar-refractivity contribution is 0.350. The minimum atomic E-state index is 0.0456. The molecule has 0 aliphatic carbocycles. The van der Waals surface area contributed by atoms with Crippen molar-refractivity contribution in [1.29, 1.82) is 5.41 Å². The van der Waals surface area contributed by atoms with Crippen LogP contribution in [0.2, 0.25) is 0 Å². The van der Waals surface area contributed by atoms with Crippen LogP contribution in [-0.4, -0.2) is 41.4 Å². The highest BCUT2D eigenvalue weighted by Crippen LogP contribution is 2.21. The van der Waals surface area contributed by atoms with Crippen LogP contribution in [0.5, 0.6) is 0 Å². The standard InChI is InChI=1S/C19H25N7/c1-19(2)13-26(10-9-23-19)18-22-8-7-17(25-18)24-16-5-3-14(4-6-16)15(11-20)12-21/h3-8,11-12,20,23H,9-10,13,21H2,1-2H3,(H,22,24,25)/b15-12+,20-11?. The van der Waals surface area contributed by atoms with Crippen LogP contribution in [0.25, 0.3) is 5.57 Å². The predicted molar refractivity (Wildman–Crippen MR) is 107 cm³/mol. The second-order valence-corrected chi connectivity index (χ2v) is 6.94. The molecule has 0 unspecified atom stereocenters. The van der Waals surface area contributed by atoms with Gasteiger partial charge in [0, 0.05) is 55.0 Å². The van der Waals surface area contributed by atoms with Crippen LogP contribution >= 0.6 is 0 Å². The van der Waals surface area contributed by atoms with E-state index in [4.69, 9.17) is 11.1 Å². The first-order valence-electron chi connectivity index (χ1n) is 8.63. The number of nitrogens with one attached hydrogen (secondary N) is 3. The van der Waals surface area contributed by atoms with E-state index >= 15 is 0 Å². The van der Waals surface area contributed by atoms with Gasteiger partial charge >= 0.3 is 0 Å². The van der Waals surface area contributed by atoms with E-state index in [1.807, 2.05) is 30.3 Å². The number of aromatic nitrogens is 2. The van der Waals surface area contributed by atoms with Crippen LogP contribution in [0, 0.1) is 5.41 Å². The van der Waals surface area contributed by atoms with Gasteiger partial charge in [-0.1, -0.05) is 12.1 Å². The number of piperazine rings is 1. The predicted octanol–water partition coefficient (Wildman–Crippen LogP) is 2.36. The molecule has 1 saturated heterocycles. The van der Waals surface area contributed by atoms with Crippen LogP contribution in [0.4, 0.5) is 17.5 Å². The fourth-order valence-electron chi connectivity index (χ4n) is 3.00. The number of rotatable bonds is 5. The zero-order valence-corrected chi connectivity index (χ0v) is 15.2. The molecule has 1 fully saturated rings. The van der Waals surface area contributed by atoms with E-state index in [1.54, 1.807) is 6.20 Å². The van der Waals surface area contributed by atoms with Crippen molar-refractivity contribution < 1.29 is 0 Å². The normalized spacial score (nSPS) is 17.0. The molecule has 0 amide bonds. The molecule has 1 aliphatic rings. The molecule has 2 aromatic rings. The van der Waals surface area contributed by atoms with Crippen LogP contribution in [0.1, 0.15) is 19.4 Å². The topological polar surface area (TPSA) is 103 Å². The van der Waals surface area contributed by atoms with Crippen molar-refractivity contribution in [3.8, 4) is 0 Å². The third-order valence-electron chi connectivity index (χ3n) is 4.32. The summed E-state index contributed by atoms with van der Waals surface area (Å²) in [6, 6.07) is 9.59. The van der Waals surface area contributed by atoms with Gasteiger partial charge in [-0.3, -0.25) is 0 Å².